The van der Waals surface area contributed by atoms with Gasteiger partial charge in [0.1, 0.15) is 11.7 Å². The molecule has 23 heavy (non-hydrogen) atoms. The topological polar surface area (TPSA) is 160 Å². The van der Waals surface area contributed by atoms with Crippen LogP contribution in [0.15, 0.2) is 12.5 Å². The summed E-state index contributed by atoms with van der Waals surface area (Å²) >= 11 is 0. The van der Waals surface area contributed by atoms with Crippen molar-refractivity contribution in [2.24, 2.45) is 5.73 Å². The van der Waals surface area contributed by atoms with Crippen LogP contribution in [0.25, 0.3) is 11.2 Å². The van der Waals surface area contributed by atoms with Crippen LogP contribution in [0.5, 0.6) is 5.88 Å². The molecule has 0 aliphatic heterocycles. The van der Waals surface area contributed by atoms with Crippen LogP contribution >= 0.6 is 0 Å². The Labute approximate surface area is 132 Å². The van der Waals surface area contributed by atoms with Gasteiger partial charge in [-0.1, -0.05) is 0 Å². The molecule has 0 saturated heterocycles. The Hall–Kier alpha value is -2.76. The lowest BCUT2D eigenvalue weighted by Gasteiger charge is -2.23. The molecular formula is C11H16N8O3S. The van der Waals surface area contributed by atoms with Gasteiger partial charge in [-0.05, 0) is 6.92 Å². The lowest BCUT2D eigenvalue weighted by molar-refractivity contribution is 0.397. The van der Waals surface area contributed by atoms with Crippen molar-refractivity contribution in [1.82, 2.24) is 24.2 Å². The summed E-state index contributed by atoms with van der Waals surface area (Å²) in [6.07, 6.45) is 2.60. The average Bonchev–Trinajstić information content (AvgIpc) is 2.53. The SMILES string of the molecule is COc1cnc2c(NC(C)S(=O)(=O)N(C)C(=N)N)ncnc2n1. The van der Waals surface area contributed by atoms with Crippen LogP contribution in [0, 0.1) is 5.41 Å². The molecule has 0 aliphatic carbocycles. The molecule has 124 valence electrons. The summed E-state index contributed by atoms with van der Waals surface area (Å²) in [5, 5.41) is 8.86. The lowest BCUT2D eigenvalue weighted by atomic mass is 10.4. The number of methoxy groups -OCH3 is 1. The van der Waals surface area contributed by atoms with Crippen molar-refractivity contribution in [3.8, 4) is 5.88 Å². The second-order valence-corrected chi connectivity index (χ2v) is 6.78. The number of nitrogens with zero attached hydrogens (tertiary/aromatic N) is 5. The fourth-order valence-electron chi connectivity index (χ4n) is 1.67. The van der Waals surface area contributed by atoms with E-state index in [1.165, 1.54) is 33.6 Å². The fourth-order valence-corrected chi connectivity index (χ4v) is 2.68. The molecule has 0 spiro atoms. The zero-order valence-electron chi connectivity index (χ0n) is 12.7. The maximum Gasteiger partial charge on any atom is 0.258 e. The van der Waals surface area contributed by atoms with E-state index in [4.69, 9.17) is 15.9 Å². The number of sulfonamides is 1. The van der Waals surface area contributed by atoms with E-state index in [1.54, 1.807) is 0 Å². The van der Waals surface area contributed by atoms with Gasteiger partial charge in [-0.25, -0.2) is 27.7 Å². The van der Waals surface area contributed by atoms with Crippen LogP contribution in [0.4, 0.5) is 5.82 Å². The Bertz CT molecular complexity index is 840. The van der Waals surface area contributed by atoms with E-state index in [1.807, 2.05) is 0 Å². The van der Waals surface area contributed by atoms with Gasteiger partial charge in [-0.15, -0.1) is 0 Å². The van der Waals surface area contributed by atoms with Gasteiger partial charge >= 0.3 is 0 Å². The van der Waals surface area contributed by atoms with E-state index in [0.717, 1.165) is 0 Å². The Morgan fingerprint density at radius 3 is 2.74 bits per heavy atom. The Morgan fingerprint density at radius 2 is 2.13 bits per heavy atom. The molecule has 0 bridgehead atoms. The monoisotopic (exact) mass is 340 g/mol. The van der Waals surface area contributed by atoms with E-state index in [0.29, 0.717) is 9.82 Å². The van der Waals surface area contributed by atoms with E-state index in [2.05, 4.69) is 25.3 Å². The number of fused-ring (bicyclic) bond motifs is 1. The van der Waals surface area contributed by atoms with Crippen LogP contribution in [-0.4, -0.2) is 58.1 Å². The number of anilines is 1. The van der Waals surface area contributed by atoms with Crippen LogP contribution in [0.1, 0.15) is 6.92 Å². The molecule has 0 amide bonds. The minimum Gasteiger partial charge on any atom is -0.480 e. The maximum absolute atomic E-state index is 12.3. The molecule has 0 fully saturated rings. The van der Waals surface area contributed by atoms with E-state index < -0.39 is 21.4 Å². The number of rotatable bonds is 5. The number of ether oxygens (including phenoxy) is 1. The van der Waals surface area contributed by atoms with Crippen molar-refractivity contribution in [3.63, 3.8) is 0 Å². The van der Waals surface area contributed by atoms with Gasteiger partial charge in [0, 0.05) is 7.05 Å². The summed E-state index contributed by atoms with van der Waals surface area (Å²) in [5.74, 6) is -0.118. The van der Waals surface area contributed by atoms with Gasteiger partial charge in [-0.3, -0.25) is 5.41 Å². The molecule has 0 aliphatic rings. The number of nitrogens with two attached hydrogens (primary N) is 1. The van der Waals surface area contributed by atoms with Crippen molar-refractivity contribution >= 4 is 33.0 Å². The quantitative estimate of drug-likeness (QED) is 0.474. The van der Waals surface area contributed by atoms with Crippen molar-refractivity contribution in [3.05, 3.63) is 12.5 Å². The van der Waals surface area contributed by atoms with E-state index in [9.17, 15) is 8.42 Å². The van der Waals surface area contributed by atoms with Gasteiger partial charge in [0.25, 0.3) is 10.0 Å². The first-order valence-electron chi connectivity index (χ1n) is 6.37. The first-order chi connectivity index (χ1) is 10.8. The molecule has 0 saturated carbocycles. The summed E-state index contributed by atoms with van der Waals surface area (Å²) in [7, 11) is -1.24. The molecule has 2 aromatic rings. The Morgan fingerprint density at radius 1 is 1.43 bits per heavy atom. The Kier molecular flexibility index (Phi) is 4.45. The predicted octanol–water partition coefficient (Wildman–Crippen LogP) is -0.659. The molecule has 12 heteroatoms. The summed E-state index contributed by atoms with van der Waals surface area (Å²) in [4.78, 5) is 16.2. The molecule has 4 N–H and O–H groups in total. The molecule has 1 unspecified atom stereocenters. The average molecular weight is 340 g/mol. The molecule has 2 rings (SSSR count). The molecule has 0 aromatic carbocycles. The summed E-state index contributed by atoms with van der Waals surface area (Å²) < 4.78 is 30.1. The maximum atomic E-state index is 12.3. The second kappa shape index (κ2) is 6.16. The molecule has 0 radical (unpaired) electrons. The third kappa shape index (κ3) is 3.21. The third-order valence-electron chi connectivity index (χ3n) is 3.04. The molecule has 1 atom stereocenters. The summed E-state index contributed by atoms with van der Waals surface area (Å²) in [5.41, 5.74) is 5.76. The number of hydrogen-bond donors (Lipinski definition) is 3. The van der Waals surface area contributed by atoms with Crippen LogP contribution in [-0.2, 0) is 10.0 Å². The Balaban J connectivity index is 2.37. The zero-order chi connectivity index (χ0) is 17.2. The molecule has 2 aromatic heterocycles. The van der Waals surface area contributed by atoms with Gasteiger partial charge in [-0.2, -0.15) is 4.98 Å². The second-order valence-electron chi connectivity index (χ2n) is 4.49. The number of nitrogens with one attached hydrogen (secondary N) is 2. The normalized spacial score (nSPS) is 12.7. The molecule has 11 nitrogen and oxygen atoms in total. The van der Waals surface area contributed by atoms with Crippen molar-refractivity contribution in [2.45, 2.75) is 12.3 Å². The van der Waals surface area contributed by atoms with E-state index in [-0.39, 0.29) is 17.3 Å². The minimum atomic E-state index is -3.88. The molecule has 2 heterocycles. The smallest absolute Gasteiger partial charge is 0.258 e. The van der Waals surface area contributed by atoms with Crippen LogP contribution < -0.4 is 15.8 Å². The summed E-state index contributed by atoms with van der Waals surface area (Å²) in [6, 6.07) is 0. The number of aromatic nitrogens is 4. The van der Waals surface area contributed by atoms with Gasteiger partial charge in [0.2, 0.25) is 11.8 Å². The molecular weight excluding hydrogens is 324 g/mol. The van der Waals surface area contributed by atoms with Crippen molar-refractivity contribution < 1.29 is 13.2 Å². The highest BCUT2D eigenvalue weighted by atomic mass is 32.2. The highest BCUT2D eigenvalue weighted by Crippen LogP contribution is 2.19. The summed E-state index contributed by atoms with van der Waals surface area (Å²) in [6.45, 7) is 1.40. The van der Waals surface area contributed by atoms with Gasteiger partial charge in [0.15, 0.2) is 17.0 Å². The van der Waals surface area contributed by atoms with Gasteiger partial charge < -0.3 is 15.8 Å². The zero-order valence-corrected chi connectivity index (χ0v) is 13.5. The van der Waals surface area contributed by atoms with Crippen molar-refractivity contribution in [2.75, 3.05) is 19.5 Å². The highest BCUT2D eigenvalue weighted by Gasteiger charge is 2.28. The fraction of sp³-hybridized carbons (Fsp3) is 0.364. The largest absolute Gasteiger partial charge is 0.480 e. The third-order valence-corrected chi connectivity index (χ3v) is 5.01. The van der Waals surface area contributed by atoms with Crippen molar-refractivity contribution in [1.29, 1.82) is 5.41 Å². The standard InChI is InChI=1S/C11H16N8O3S/c1-6(23(20,21)19(2)11(12)13)17-9-8-10(16-5-15-9)18-7(22-3)4-14-8/h4-6H,1-3H3,(H3,12,13)(H,15,16,17,18). The highest BCUT2D eigenvalue weighted by molar-refractivity contribution is 7.90. The number of hydrogen-bond acceptors (Lipinski definition) is 9. The van der Waals surface area contributed by atoms with E-state index >= 15 is 0 Å². The van der Waals surface area contributed by atoms with Gasteiger partial charge in [0.05, 0.1) is 13.3 Å². The van der Waals surface area contributed by atoms with Crippen LogP contribution in [0.2, 0.25) is 0 Å². The number of guanidine groups is 1. The first kappa shape index (κ1) is 16.6. The predicted molar refractivity (Wildman–Crippen MR) is 83.4 cm³/mol. The lowest BCUT2D eigenvalue weighted by Crippen LogP contribution is -2.44. The van der Waals surface area contributed by atoms with Crippen LogP contribution in [0.3, 0.4) is 0 Å². The minimum absolute atomic E-state index is 0.193. The first-order valence-corrected chi connectivity index (χ1v) is 7.87.